The Morgan fingerprint density at radius 2 is 2.13 bits per heavy atom. The second kappa shape index (κ2) is 5.86. The van der Waals surface area contributed by atoms with Crippen LogP contribution < -0.4 is 5.32 Å². The third kappa shape index (κ3) is 3.46. The molecule has 2 heteroatoms. The number of hydrogen-bond acceptors (Lipinski definition) is 2. The molecule has 2 fully saturated rings. The summed E-state index contributed by atoms with van der Waals surface area (Å²) >= 11 is 0. The van der Waals surface area contributed by atoms with E-state index in [0.717, 1.165) is 12.0 Å². The lowest BCUT2D eigenvalue weighted by Gasteiger charge is -2.23. The quantitative estimate of drug-likeness (QED) is 0.768. The van der Waals surface area contributed by atoms with Crippen molar-refractivity contribution in [1.29, 1.82) is 0 Å². The molecule has 0 radical (unpaired) electrons. The minimum atomic E-state index is 0.781. The largest absolute Gasteiger partial charge is 0.313 e. The molecule has 0 spiro atoms. The fourth-order valence-electron chi connectivity index (χ4n) is 2.98. The fourth-order valence-corrected chi connectivity index (χ4v) is 2.98. The van der Waals surface area contributed by atoms with E-state index in [1.54, 1.807) is 0 Å². The normalized spacial score (nSPS) is 34.2. The first-order valence-corrected chi connectivity index (χ1v) is 6.84. The maximum atomic E-state index is 3.70. The summed E-state index contributed by atoms with van der Waals surface area (Å²) in [5.41, 5.74) is 0. The van der Waals surface area contributed by atoms with Gasteiger partial charge in [-0.2, -0.15) is 0 Å². The van der Waals surface area contributed by atoms with Crippen LogP contribution >= 0.6 is 0 Å². The summed E-state index contributed by atoms with van der Waals surface area (Å²) in [5, 5.41) is 3.70. The van der Waals surface area contributed by atoms with Crippen LogP contribution in [0.25, 0.3) is 0 Å². The highest BCUT2D eigenvalue weighted by Gasteiger charge is 2.23. The molecule has 88 valence electrons. The van der Waals surface area contributed by atoms with Crippen molar-refractivity contribution in [3.63, 3.8) is 0 Å². The van der Waals surface area contributed by atoms with Crippen LogP contribution in [0.5, 0.6) is 0 Å². The van der Waals surface area contributed by atoms with Crippen molar-refractivity contribution >= 4 is 0 Å². The average Bonchev–Trinajstić information content (AvgIpc) is 2.54. The molecule has 1 N–H and O–H groups in total. The van der Waals surface area contributed by atoms with Gasteiger partial charge in [0.05, 0.1) is 0 Å². The average molecular weight is 210 g/mol. The molecule has 2 nitrogen and oxygen atoms in total. The molecule has 2 unspecified atom stereocenters. The second-order valence-electron chi connectivity index (χ2n) is 5.32. The van der Waals surface area contributed by atoms with Gasteiger partial charge in [0, 0.05) is 19.1 Å². The Bertz CT molecular complexity index is 173. The van der Waals surface area contributed by atoms with Gasteiger partial charge < -0.3 is 10.2 Å². The highest BCUT2D eigenvalue weighted by atomic mass is 15.2. The summed E-state index contributed by atoms with van der Waals surface area (Å²) in [6, 6.07) is 0.781. The molecule has 2 saturated heterocycles. The van der Waals surface area contributed by atoms with Crippen LogP contribution in [0.1, 0.15) is 45.4 Å². The van der Waals surface area contributed by atoms with Gasteiger partial charge in [-0.25, -0.2) is 0 Å². The molecule has 0 amide bonds. The first-order valence-electron chi connectivity index (χ1n) is 6.84. The molecular formula is C13H26N2. The van der Waals surface area contributed by atoms with Crippen molar-refractivity contribution in [2.75, 3.05) is 26.2 Å². The van der Waals surface area contributed by atoms with Crippen LogP contribution in [0.2, 0.25) is 0 Å². The smallest absolute Gasteiger partial charge is 0.0195 e. The predicted molar refractivity (Wildman–Crippen MR) is 65.1 cm³/mol. The molecular weight excluding hydrogens is 184 g/mol. The molecule has 0 aromatic heterocycles. The van der Waals surface area contributed by atoms with E-state index in [-0.39, 0.29) is 0 Å². The summed E-state index contributed by atoms with van der Waals surface area (Å²) in [5.74, 6) is 0.982. The maximum Gasteiger partial charge on any atom is 0.0195 e. The summed E-state index contributed by atoms with van der Waals surface area (Å²) in [6.45, 7) is 7.58. The van der Waals surface area contributed by atoms with Gasteiger partial charge >= 0.3 is 0 Å². The summed E-state index contributed by atoms with van der Waals surface area (Å²) in [7, 11) is 0. The fraction of sp³-hybridized carbons (Fsp3) is 1.00. The van der Waals surface area contributed by atoms with Gasteiger partial charge in [0.15, 0.2) is 0 Å². The van der Waals surface area contributed by atoms with Crippen LogP contribution in [0.15, 0.2) is 0 Å². The lowest BCUT2D eigenvalue weighted by atomic mass is 10.1. The zero-order valence-corrected chi connectivity index (χ0v) is 10.2. The number of nitrogens with one attached hydrogen (secondary N) is 1. The molecule has 0 aromatic carbocycles. The third-order valence-electron chi connectivity index (χ3n) is 4.09. The van der Waals surface area contributed by atoms with Crippen LogP contribution in [0.3, 0.4) is 0 Å². The van der Waals surface area contributed by atoms with Crippen molar-refractivity contribution in [2.24, 2.45) is 5.92 Å². The summed E-state index contributed by atoms with van der Waals surface area (Å²) in [6.07, 6.45) is 8.45. The van der Waals surface area contributed by atoms with E-state index in [4.69, 9.17) is 0 Å². The van der Waals surface area contributed by atoms with Gasteiger partial charge in [0.25, 0.3) is 0 Å². The molecule has 15 heavy (non-hydrogen) atoms. The van der Waals surface area contributed by atoms with Crippen LogP contribution in [0, 0.1) is 5.92 Å². The van der Waals surface area contributed by atoms with Crippen molar-refractivity contribution in [1.82, 2.24) is 10.2 Å². The van der Waals surface area contributed by atoms with E-state index < -0.39 is 0 Å². The van der Waals surface area contributed by atoms with E-state index in [1.807, 2.05) is 0 Å². The molecule has 0 aromatic rings. The van der Waals surface area contributed by atoms with Gasteiger partial charge in [0.2, 0.25) is 0 Å². The maximum absolute atomic E-state index is 3.70. The minimum Gasteiger partial charge on any atom is -0.313 e. The zero-order chi connectivity index (χ0) is 10.5. The Morgan fingerprint density at radius 1 is 1.20 bits per heavy atom. The number of hydrogen-bond donors (Lipinski definition) is 1. The van der Waals surface area contributed by atoms with E-state index in [2.05, 4.69) is 17.1 Å². The first-order chi connectivity index (χ1) is 7.38. The Morgan fingerprint density at radius 3 is 2.93 bits per heavy atom. The molecule has 2 aliphatic rings. The van der Waals surface area contributed by atoms with Crippen molar-refractivity contribution in [3.8, 4) is 0 Å². The molecule has 2 heterocycles. The van der Waals surface area contributed by atoms with Crippen LogP contribution in [-0.4, -0.2) is 37.1 Å². The van der Waals surface area contributed by atoms with Crippen molar-refractivity contribution in [2.45, 2.75) is 51.5 Å². The highest BCUT2D eigenvalue weighted by Crippen LogP contribution is 2.20. The number of rotatable bonds is 3. The Hall–Kier alpha value is -0.0800. The SMILES string of the molecule is CCC1CCN(CC2CCCCCN2)C1. The van der Waals surface area contributed by atoms with Gasteiger partial charge in [-0.05, 0) is 38.3 Å². The monoisotopic (exact) mass is 210 g/mol. The topological polar surface area (TPSA) is 15.3 Å². The molecule has 0 bridgehead atoms. The predicted octanol–water partition coefficient (Wildman–Crippen LogP) is 2.25. The second-order valence-corrected chi connectivity index (χ2v) is 5.32. The van der Waals surface area contributed by atoms with E-state index >= 15 is 0 Å². The van der Waals surface area contributed by atoms with E-state index in [0.29, 0.717) is 0 Å². The van der Waals surface area contributed by atoms with Gasteiger partial charge in [0.1, 0.15) is 0 Å². The lowest BCUT2D eigenvalue weighted by Crippen LogP contribution is -2.39. The highest BCUT2D eigenvalue weighted by molar-refractivity contribution is 4.80. The summed E-state index contributed by atoms with van der Waals surface area (Å²) in [4.78, 5) is 2.68. The number of nitrogens with zero attached hydrogens (tertiary/aromatic N) is 1. The van der Waals surface area contributed by atoms with E-state index in [1.165, 1.54) is 64.7 Å². The van der Waals surface area contributed by atoms with Crippen molar-refractivity contribution in [3.05, 3.63) is 0 Å². The van der Waals surface area contributed by atoms with E-state index in [9.17, 15) is 0 Å². The third-order valence-corrected chi connectivity index (χ3v) is 4.09. The van der Waals surface area contributed by atoms with Crippen molar-refractivity contribution < 1.29 is 0 Å². The minimum absolute atomic E-state index is 0.781. The molecule has 2 rings (SSSR count). The Kier molecular flexibility index (Phi) is 4.45. The van der Waals surface area contributed by atoms with Gasteiger partial charge in [-0.3, -0.25) is 0 Å². The van der Waals surface area contributed by atoms with Gasteiger partial charge in [-0.1, -0.05) is 26.2 Å². The van der Waals surface area contributed by atoms with Gasteiger partial charge in [-0.15, -0.1) is 0 Å². The van der Waals surface area contributed by atoms with Crippen LogP contribution in [0.4, 0.5) is 0 Å². The summed E-state index contributed by atoms with van der Waals surface area (Å²) < 4.78 is 0. The van der Waals surface area contributed by atoms with Crippen LogP contribution in [-0.2, 0) is 0 Å². The molecule has 2 aliphatic heterocycles. The standard InChI is InChI=1S/C13H26N2/c1-2-12-7-9-15(10-12)11-13-6-4-3-5-8-14-13/h12-14H,2-11H2,1H3. The first kappa shape index (κ1) is 11.4. The Balaban J connectivity index is 1.71. The number of likely N-dealkylation sites (tertiary alicyclic amines) is 1. The lowest BCUT2D eigenvalue weighted by molar-refractivity contribution is 0.277. The Labute approximate surface area is 94.4 Å². The molecule has 2 atom stereocenters. The molecule has 0 saturated carbocycles. The molecule has 0 aliphatic carbocycles. The zero-order valence-electron chi connectivity index (χ0n) is 10.2.